The molecule has 1 N–H and O–H groups in total. The summed E-state index contributed by atoms with van der Waals surface area (Å²) in [6.07, 6.45) is 2.66. The lowest BCUT2D eigenvalue weighted by molar-refractivity contribution is 0.102. The summed E-state index contributed by atoms with van der Waals surface area (Å²) < 4.78 is 24.0. The van der Waals surface area contributed by atoms with E-state index in [0.29, 0.717) is 22.7 Å². The van der Waals surface area contributed by atoms with Gasteiger partial charge in [0.05, 0.1) is 26.1 Å². The molecule has 7 nitrogen and oxygen atoms in total. The molecule has 8 heteroatoms. The van der Waals surface area contributed by atoms with Gasteiger partial charge in [-0.05, 0) is 54.4 Å². The van der Waals surface area contributed by atoms with E-state index in [-0.39, 0.29) is 11.7 Å². The van der Waals surface area contributed by atoms with Gasteiger partial charge in [-0.15, -0.1) is 0 Å². The molecule has 0 bridgehead atoms. The first-order valence-electron chi connectivity index (χ1n) is 11.3. The molecule has 1 fully saturated rings. The Bertz CT molecular complexity index is 1120. The minimum absolute atomic E-state index is 0.198. The van der Waals surface area contributed by atoms with E-state index in [1.165, 1.54) is 13.2 Å². The monoisotopic (exact) mass is 464 g/mol. The minimum Gasteiger partial charge on any atom is -0.493 e. The van der Waals surface area contributed by atoms with Gasteiger partial charge < -0.3 is 19.7 Å². The first-order chi connectivity index (χ1) is 16.6. The fourth-order valence-electron chi connectivity index (χ4n) is 4.08. The Morgan fingerprint density at radius 1 is 1.00 bits per heavy atom. The van der Waals surface area contributed by atoms with Crippen molar-refractivity contribution < 1.29 is 18.7 Å². The first kappa shape index (κ1) is 23.5. The maximum absolute atomic E-state index is 13.5. The number of hydrogen-bond acceptors (Lipinski definition) is 6. The van der Waals surface area contributed by atoms with Crippen LogP contribution in [0.5, 0.6) is 11.5 Å². The molecule has 0 atom stereocenters. The molecule has 2 aromatic carbocycles. The van der Waals surface area contributed by atoms with Crippen LogP contribution in [0.1, 0.15) is 22.3 Å². The van der Waals surface area contributed by atoms with Crippen molar-refractivity contribution in [3.05, 3.63) is 77.7 Å². The quantitative estimate of drug-likeness (QED) is 0.565. The number of aromatic nitrogens is 1. The third kappa shape index (κ3) is 5.82. The molecule has 0 spiro atoms. The van der Waals surface area contributed by atoms with Gasteiger partial charge in [-0.25, -0.2) is 9.37 Å². The number of carbonyl (C=O) groups is 1. The summed E-state index contributed by atoms with van der Waals surface area (Å²) in [4.78, 5) is 21.8. The van der Waals surface area contributed by atoms with Crippen LogP contribution >= 0.6 is 0 Å². The van der Waals surface area contributed by atoms with Crippen LogP contribution in [0.3, 0.4) is 0 Å². The van der Waals surface area contributed by atoms with E-state index in [0.717, 1.165) is 50.5 Å². The van der Waals surface area contributed by atoms with Gasteiger partial charge in [-0.1, -0.05) is 12.1 Å². The van der Waals surface area contributed by atoms with E-state index >= 15 is 0 Å². The van der Waals surface area contributed by atoms with E-state index in [2.05, 4.69) is 20.1 Å². The highest BCUT2D eigenvalue weighted by Crippen LogP contribution is 2.28. The third-order valence-corrected chi connectivity index (χ3v) is 5.86. The molecule has 1 aliphatic rings. The highest BCUT2D eigenvalue weighted by molar-refractivity contribution is 6.04. The third-order valence-electron chi connectivity index (χ3n) is 5.86. The number of anilines is 2. The number of amides is 1. The molecule has 3 aromatic rings. The SMILES string of the molecule is COc1ccc(C(=O)Nc2ccc(N3CCCN(Cc4cccc(F)c4)CC3)nc2)cc1OC. The summed E-state index contributed by atoms with van der Waals surface area (Å²) in [6, 6.07) is 15.6. The standard InChI is InChI=1S/C26H29FN4O3/c1-33-23-9-7-20(16-24(23)34-2)26(32)29-22-8-10-25(28-17-22)31-12-4-11-30(13-14-31)18-19-5-3-6-21(27)15-19/h3,5-10,15-17H,4,11-14,18H2,1-2H3,(H,29,32). The molecule has 178 valence electrons. The van der Waals surface area contributed by atoms with Crippen molar-refractivity contribution >= 4 is 17.4 Å². The van der Waals surface area contributed by atoms with Gasteiger partial charge in [0.15, 0.2) is 11.5 Å². The number of benzene rings is 2. The number of pyridine rings is 1. The molecular weight excluding hydrogens is 435 g/mol. The summed E-state index contributed by atoms with van der Waals surface area (Å²) in [5.41, 5.74) is 2.07. The average Bonchev–Trinajstić information content (AvgIpc) is 3.09. The van der Waals surface area contributed by atoms with Gasteiger partial charge in [0.1, 0.15) is 11.6 Å². The molecule has 1 aromatic heterocycles. The topological polar surface area (TPSA) is 66.9 Å². The highest BCUT2D eigenvalue weighted by Gasteiger charge is 2.17. The second-order valence-electron chi connectivity index (χ2n) is 8.18. The van der Waals surface area contributed by atoms with Crippen LogP contribution < -0.4 is 19.7 Å². The summed E-state index contributed by atoms with van der Waals surface area (Å²) in [5.74, 6) is 1.49. The fraction of sp³-hybridized carbons (Fsp3) is 0.308. The lowest BCUT2D eigenvalue weighted by Gasteiger charge is -2.23. The van der Waals surface area contributed by atoms with Crippen molar-refractivity contribution in [1.82, 2.24) is 9.88 Å². The van der Waals surface area contributed by atoms with Gasteiger partial charge in [0.2, 0.25) is 0 Å². The van der Waals surface area contributed by atoms with E-state index in [9.17, 15) is 9.18 Å². The Morgan fingerprint density at radius 3 is 2.59 bits per heavy atom. The zero-order valence-electron chi connectivity index (χ0n) is 19.5. The number of hydrogen-bond donors (Lipinski definition) is 1. The minimum atomic E-state index is -0.252. The van der Waals surface area contributed by atoms with Crippen molar-refractivity contribution in [1.29, 1.82) is 0 Å². The summed E-state index contributed by atoms with van der Waals surface area (Å²) in [5, 5.41) is 2.87. The normalized spacial score (nSPS) is 14.4. The molecule has 0 radical (unpaired) electrons. The Balaban J connectivity index is 1.34. The number of nitrogens with one attached hydrogen (secondary N) is 1. The van der Waals surface area contributed by atoms with Gasteiger partial charge in [0, 0.05) is 38.3 Å². The summed E-state index contributed by atoms with van der Waals surface area (Å²) in [6.45, 7) is 4.28. The average molecular weight is 465 g/mol. The number of ether oxygens (including phenoxy) is 2. The van der Waals surface area contributed by atoms with Crippen molar-refractivity contribution in [3.63, 3.8) is 0 Å². The summed E-state index contributed by atoms with van der Waals surface area (Å²) in [7, 11) is 3.09. The largest absolute Gasteiger partial charge is 0.493 e. The highest BCUT2D eigenvalue weighted by atomic mass is 19.1. The number of rotatable bonds is 7. The van der Waals surface area contributed by atoms with Crippen LogP contribution in [0.15, 0.2) is 60.8 Å². The summed E-state index contributed by atoms with van der Waals surface area (Å²) >= 11 is 0. The van der Waals surface area contributed by atoms with E-state index in [1.807, 2.05) is 18.2 Å². The van der Waals surface area contributed by atoms with Crippen LogP contribution in [0.4, 0.5) is 15.9 Å². The van der Waals surface area contributed by atoms with Gasteiger partial charge in [0.25, 0.3) is 5.91 Å². The molecule has 0 saturated carbocycles. The number of carbonyl (C=O) groups excluding carboxylic acids is 1. The molecule has 0 aliphatic carbocycles. The molecule has 1 saturated heterocycles. The van der Waals surface area contributed by atoms with Gasteiger partial charge >= 0.3 is 0 Å². The van der Waals surface area contributed by atoms with Crippen molar-refractivity contribution in [2.24, 2.45) is 0 Å². The molecular formula is C26H29FN4O3. The van der Waals surface area contributed by atoms with Crippen LogP contribution in [0, 0.1) is 5.82 Å². The Kier molecular flexibility index (Phi) is 7.59. The van der Waals surface area contributed by atoms with Crippen molar-refractivity contribution in [3.8, 4) is 11.5 Å². The Morgan fingerprint density at radius 2 is 1.85 bits per heavy atom. The zero-order valence-corrected chi connectivity index (χ0v) is 19.5. The zero-order chi connectivity index (χ0) is 23.9. The molecule has 2 heterocycles. The van der Waals surface area contributed by atoms with Crippen molar-refractivity contribution in [2.75, 3.05) is 50.6 Å². The fourth-order valence-corrected chi connectivity index (χ4v) is 4.08. The van der Waals surface area contributed by atoms with E-state index < -0.39 is 0 Å². The number of nitrogens with zero attached hydrogens (tertiary/aromatic N) is 3. The lowest BCUT2D eigenvalue weighted by atomic mass is 10.2. The predicted molar refractivity (Wildman–Crippen MR) is 130 cm³/mol. The first-order valence-corrected chi connectivity index (χ1v) is 11.3. The maximum Gasteiger partial charge on any atom is 0.255 e. The smallest absolute Gasteiger partial charge is 0.255 e. The molecule has 1 aliphatic heterocycles. The van der Waals surface area contributed by atoms with Crippen molar-refractivity contribution in [2.45, 2.75) is 13.0 Å². The second-order valence-corrected chi connectivity index (χ2v) is 8.18. The van der Waals surface area contributed by atoms with Crippen LogP contribution in [0.25, 0.3) is 0 Å². The molecule has 0 unspecified atom stereocenters. The molecule has 1 amide bonds. The van der Waals surface area contributed by atoms with E-state index in [4.69, 9.17) is 9.47 Å². The molecule has 34 heavy (non-hydrogen) atoms. The maximum atomic E-state index is 13.5. The van der Waals surface area contributed by atoms with E-state index in [1.54, 1.807) is 43.6 Å². The number of halogens is 1. The molecule has 4 rings (SSSR count). The van der Waals surface area contributed by atoms with Crippen LogP contribution in [-0.2, 0) is 6.54 Å². The van der Waals surface area contributed by atoms with Gasteiger partial charge in [-0.2, -0.15) is 0 Å². The number of methoxy groups -OCH3 is 2. The Hall–Kier alpha value is -3.65. The second kappa shape index (κ2) is 11.0. The van der Waals surface area contributed by atoms with Crippen LogP contribution in [-0.4, -0.2) is 56.2 Å². The predicted octanol–water partition coefficient (Wildman–Crippen LogP) is 4.20. The lowest BCUT2D eigenvalue weighted by Crippen LogP contribution is -2.31. The van der Waals surface area contributed by atoms with Gasteiger partial charge in [-0.3, -0.25) is 9.69 Å². The van der Waals surface area contributed by atoms with Crippen LogP contribution in [0.2, 0.25) is 0 Å². The Labute approximate surface area is 199 Å².